The Balaban J connectivity index is 1.84. The minimum atomic E-state index is -0.255. The second kappa shape index (κ2) is 5.86. The van der Waals surface area contributed by atoms with Crippen LogP contribution in [0.1, 0.15) is 10.9 Å². The molecule has 24 heavy (non-hydrogen) atoms. The van der Waals surface area contributed by atoms with Crippen molar-refractivity contribution in [2.24, 2.45) is 0 Å². The monoisotopic (exact) mass is 340 g/mol. The summed E-state index contributed by atoms with van der Waals surface area (Å²) in [5, 5.41) is 21.4. The molecule has 1 fully saturated rings. The summed E-state index contributed by atoms with van der Waals surface area (Å²) in [7, 11) is 0. The number of hydrogen-bond donors (Lipinski definition) is 2. The van der Waals surface area contributed by atoms with E-state index in [9.17, 15) is 15.2 Å². The molecule has 0 radical (unpaired) electrons. The Bertz CT molecular complexity index is 909. The lowest BCUT2D eigenvalue weighted by Gasteiger charge is -2.31. The van der Waals surface area contributed by atoms with Crippen molar-refractivity contribution < 1.29 is 10.0 Å². The van der Waals surface area contributed by atoms with Gasteiger partial charge in [-0.3, -0.25) is 14.9 Å². The lowest BCUT2D eigenvalue weighted by molar-refractivity contribution is -0.115. The molecule has 0 bridgehead atoms. The minimum absolute atomic E-state index is 0.0539. The zero-order valence-corrected chi connectivity index (χ0v) is 13.4. The van der Waals surface area contributed by atoms with Gasteiger partial charge in [-0.05, 0) is 18.2 Å². The van der Waals surface area contributed by atoms with Crippen LogP contribution in [0.5, 0.6) is 0 Å². The van der Waals surface area contributed by atoms with Crippen molar-refractivity contribution in [2.75, 3.05) is 15.9 Å². The quantitative estimate of drug-likeness (QED) is 0.711. The Morgan fingerprint density at radius 1 is 1.21 bits per heavy atom. The number of amides is 1. The number of aromatic amines is 1. The van der Waals surface area contributed by atoms with Crippen LogP contribution in [0.2, 0.25) is 0 Å². The summed E-state index contributed by atoms with van der Waals surface area (Å²) < 4.78 is 0. The number of nitrogens with one attached hydrogen (secondary N) is 1. The van der Waals surface area contributed by atoms with Crippen molar-refractivity contribution in [1.82, 2.24) is 4.98 Å². The molecule has 0 aliphatic carbocycles. The van der Waals surface area contributed by atoms with E-state index in [2.05, 4.69) is 4.98 Å². The van der Waals surface area contributed by atoms with Crippen LogP contribution in [0.3, 0.4) is 0 Å². The molecule has 1 aromatic heterocycles. The Hall–Kier alpha value is -2.48. The number of para-hydroxylation sites is 3. The second-order valence-electron chi connectivity index (χ2n) is 5.48. The van der Waals surface area contributed by atoms with Crippen molar-refractivity contribution in [3.8, 4) is 0 Å². The molecule has 2 heterocycles. The number of thioether (sulfide) groups is 1. The van der Waals surface area contributed by atoms with E-state index in [1.54, 1.807) is 23.1 Å². The molecule has 4 rings (SSSR count). The summed E-state index contributed by atoms with van der Waals surface area (Å²) in [6.07, 6.45) is 1.89. The van der Waals surface area contributed by atoms with Crippen LogP contribution >= 0.6 is 11.8 Å². The van der Waals surface area contributed by atoms with E-state index >= 15 is 0 Å². The molecule has 1 aliphatic rings. The maximum Gasteiger partial charge on any atom is 0.238 e. The van der Waals surface area contributed by atoms with Gasteiger partial charge in [-0.2, -0.15) is 0 Å². The maximum atomic E-state index is 12.5. The first kappa shape index (κ1) is 15.1. The molecular formula is C17H14N3O3S-. The number of aromatic nitrogens is 1. The van der Waals surface area contributed by atoms with Crippen LogP contribution < -0.4 is 10.1 Å². The molecule has 1 atom stereocenters. The molecule has 1 amide bonds. The summed E-state index contributed by atoms with van der Waals surface area (Å²) >= 11 is 1.50. The molecule has 6 nitrogen and oxygen atoms in total. The predicted octanol–water partition coefficient (Wildman–Crippen LogP) is 3.64. The van der Waals surface area contributed by atoms with Gasteiger partial charge in [0.2, 0.25) is 5.91 Å². The first-order chi connectivity index (χ1) is 11.7. The molecule has 2 N–H and O–H groups in total. The van der Waals surface area contributed by atoms with E-state index in [4.69, 9.17) is 0 Å². The number of carbonyl (C=O) groups excluding carboxylic acids is 1. The molecule has 7 heteroatoms. The summed E-state index contributed by atoms with van der Waals surface area (Å²) in [6.45, 7) is 0. The highest BCUT2D eigenvalue weighted by molar-refractivity contribution is 8.00. The van der Waals surface area contributed by atoms with E-state index in [-0.39, 0.29) is 22.2 Å². The van der Waals surface area contributed by atoms with Gasteiger partial charge in [0.05, 0.1) is 17.1 Å². The third-order valence-electron chi connectivity index (χ3n) is 4.10. The third kappa shape index (κ3) is 2.34. The normalized spacial score (nSPS) is 17.7. The zero-order chi connectivity index (χ0) is 16.7. The highest BCUT2D eigenvalue weighted by atomic mass is 32.2. The van der Waals surface area contributed by atoms with Crippen LogP contribution in [0.4, 0.5) is 11.4 Å². The van der Waals surface area contributed by atoms with Gasteiger partial charge in [-0.15, -0.1) is 11.8 Å². The van der Waals surface area contributed by atoms with E-state index in [1.807, 2.05) is 30.5 Å². The molecule has 1 saturated heterocycles. The van der Waals surface area contributed by atoms with Gasteiger partial charge in [-0.25, -0.2) is 0 Å². The highest BCUT2D eigenvalue weighted by Crippen LogP contribution is 2.46. The smallest absolute Gasteiger partial charge is 0.238 e. The van der Waals surface area contributed by atoms with Gasteiger partial charge in [0.25, 0.3) is 0 Å². The average Bonchev–Trinajstić information content (AvgIpc) is 3.18. The number of hydrogen-bond acceptors (Lipinski definition) is 5. The Kier molecular flexibility index (Phi) is 3.68. The molecule has 3 aromatic rings. The van der Waals surface area contributed by atoms with Gasteiger partial charge in [0, 0.05) is 22.7 Å². The predicted molar refractivity (Wildman–Crippen MR) is 95.1 cm³/mol. The van der Waals surface area contributed by atoms with Gasteiger partial charge >= 0.3 is 0 Å². The first-order valence-corrected chi connectivity index (χ1v) is 8.46. The molecule has 0 saturated carbocycles. The SMILES string of the molecule is O=C1CSC(c2c[nH]c3ccccc23)N1c1ccccc1N([O-])O. The number of fused-ring (bicyclic) bond motifs is 1. The number of benzene rings is 2. The summed E-state index contributed by atoms with van der Waals surface area (Å²) in [5.74, 6) is 0.229. The molecular weight excluding hydrogens is 326 g/mol. The average molecular weight is 340 g/mol. The fourth-order valence-electron chi connectivity index (χ4n) is 3.04. The topological polar surface area (TPSA) is 82.6 Å². The Labute approximate surface area is 142 Å². The van der Waals surface area contributed by atoms with Crippen LogP contribution in [-0.4, -0.2) is 21.9 Å². The summed E-state index contributed by atoms with van der Waals surface area (Å²) in [4.78, 5) is 17.3. The van der Waals surface area contributed by atoms with Crippen molar-refractivity contribution in [3.63, 3.8) is 0 Å². The fraction of sp³-hybridized carbons (Fsp3) is 0.118. The number of anilines is 2. The van der Waals surface area contributed by atoms with Crippen LogP contribution in [0.15, 0.2) is 54.7 Å². The standard InChI is InChI=1S/C17H14N3O3S/c21-16-10-24-17(12-9-18-13-6-2-1-5-11(12)13)19(16)14-7-3-4-8-15(14)20(22)23/h1-9,17-18,22H,10H2/q-1. The Morgan fingerprint density at radius 2 is 1.96 bits per heavy atom. The number of nitrogens with zero attached hydrogens (tertiary/aromatic N) is 2. The van der Waals surface area contributed by atoms with Crippen LogP contribution in [0, 0.1) is 5.21 Å². The van der Waals surface area contributed by atoms with E-state index < -0.39 is 0 Å². The Morgan fingerprint density at radius 3 is 2.79 bits per heavy atom. The molecule has 2 aromatic carbocycles. The van der Waals surface area contributed by atoms with E-state index in [0.29, 0.717) is 11.4 Å². The van der Waals surface area contributed by atoms with Gasteiger partial charge in [0.15, 0.2) is 0 Å². The van der Waals surface area contributed by atoms with E-state index in [1.165, 1.54) is 17.8 Å². The zero-order valence-electron chi connectivity index (χ0n) is 12.5. The first-order valence-electron chi connectivity index (χ1n) is 7.41. The number of rotatable bonds is 3. The lowest BCUT2D eigenvalue weighted by atomic mass is 10.1. The third-order valence-corrected chi connectivity index (χ3v) is 5.30. The lowest BCUT2D eigenvalue weighted by Crippen LogP contribution is -2.29. The van der Waals surface area contributed by atoms with Gasteiger partial charge in [0.1, 0.15) is 5.37 Å². The van der Waals surface area contributed by atoms with Crippen LogP contribution in [0.25, 0.3) is 10.9 Å². The van der Waals surface area contributed by atoms with Gasteiger partial charge < -0.3 is 15.4 Å². The summed E-state index contributed by atoms with van der Waals surface area (Å²) in [5.41, 5.74) is 2.43. The van der Waals surface area contributed by atoms with E-state index in [0.717, 1.165) is 16.5 Å². The minimum Gasteiger partial charge on any atom is -0.733 e. The maximum absolute atomic E-state index is 12.5. The molecule has 0 spiro atoms. The number of H-pyrrole nitrogens is 1. The summed E-state index contributed by atoms with van der Waals surface area (Å²) in [6, 6.07) is 14.4. The van der Waals surface area contributed by atoms with Crippen molar-refractivity contribution in [3.05, 3.63) is 65.5 Å². The van der Waals surface area contributed by atoms with Crippen molar-refractivity contribution in [2.45, 2.75) is 5.37 Å². The van der Waals surface area contributed by atoms with Crippen molar-refractivity contribution in [1.29, 1.82) is 0 Å². The molecule has 122 valence electrons. The molecule has 1 unspecified atom stereocenters. The highest BCUT2D eigenvalue weighted by Gasteiger charge is 2.36. The van der Waals surface area contributed by atoms with Gasteiger partial charge in [-0.1, -0.05) is 30.3 Å². The largest absolute Gasteiger partial charge is 0.733 e. The van der Waals surface area contributed by atoms with Crippen LogP contribution in [-0.2, 0) is 4.79 Å². The molecule has 1 aliphatic heterocycles. The fourth-order valence-corrected chi connectivity index (χ4v) is 4.24. The number of carbonyl (C=O) groups is 1. The second-order valence-corrected chi connectivity index (χ2v) is 6.55. The van der Waals surface area contributed by atoms with Crippen molar-refractivity contribution >= 4 is 39.9 Å².